The molecule has 3 rings (SSSR count). The van der Waals surface area contributed by atoms with Crippen molar-refractivity contribution in [1.82, 2.24) is 15.3 Å². The Hall–Kier alpha value is -1.16. The Kier molecular flexibility index (Phi) is 5.07. The van der Waals surface area contributed by atoms with Gasteiger partial charge in [-0.3, -0.25) is 0 Å². The normalized spacial score (nSPS) is 30.3. The number of nitrogens with zero attached hydrogens (tertiary/aromatic N) is 3. The molecule has 1 N–H and O–H groups in total. The molecule has 1 saturated carbocycles. The number of hydrogen-bond donors (Lipinski definition) is 1. The Morgan fingerprint density at radius 2 is 1.95 bits per heavy atom. The van der Waals surface area contributed by atoms with Gasteiger partial charge in [0.25, 0.3) is 0 Å². The Balaban J connectivity index is 1.54. The summed E-state index contributed by atoms with van der Waals surface area (Å²) in [6.45, 7) is 4.48. The smallest absolute Gasteiger partial charge is 0.225 e. The van der Waals surface area contributed by atoms with E-state index >= 15 is 0 Å². The first kappa shape index (κ1) is 14.8. The first-order valence-corrected chi connectivity index (χ1v) is 8.63. The van der Waals surface area contributed by atoms with Gasteiger partial charge in [-0.2, -0.15) is 0 Å². The van der Waals surface area contributed by atoms with Crippen LogP contribution in [0.4, 0.5) is 5.95 Å². The maximum absolute atomic E-state index is 4.40. The monoisotopic (exact) mass is 288 g/mol. The standard InChI is InChI=1S/C17H28N4/c1-2-14-6-3-7-15(12-14)20-16-8-4-11-21(13-16)17-18-9-5-10-19-17/h5,9-10,14-16,20H,2-4,6-8,11-13H2,1H3. The molecule has 21 heavy (non-hydrogen) atoms. The van der Waals surface area contributed by atoms with Gasteiger partial charge in [0.05, 0.1) is 0 Å². The third kappa shape index (κ3) is 3.94. The van der Waals surface area contributed by atoms with Gasteiger partial charge < -0.3 is 10.2 Å². The summed E-state index contributed by atoms with van der Waals surface area (Å²) in [4.78, 5) is 11.1. The lowest BCUT2D eigenvalue weighted by Gasteiger charge is -2.37. The number of piperidine rings is 1. The molecule has 1 aliphatic carbocycles. The zero-order valence-electron chi connectivity index (χ0n) is 13.2. The van der Waals surface area contributed by atoms with Crippen LogP contribution in [-0.2, 0) is 0 Å². The van der Waals surface area contributed by atoms with Crippen molar-refractivity contribution in [2.45, 2.75) is 64.0 Å². The summed E-state index contributed by atoms with van der Waals surface area (Å²) in [5.41, 5.74) is 0. The number of anilines is 1. The van der Waals surface area contributed by atoms with Crippen molar-refractivity contribution < 1.29 is 0 Å². The van der Waals surface area contributed by atoms with Crippen LogP contribution in [0.5, 0.6) is 0 Å². The lowest BCUT2D eigenvalue weighted by Crippen LogP contribution is -2.50. The summed E-state index contributed by atoms with van der Waals surface area (Å²) >= 11 is 0. The third-order valence-electron chi connectivity index (χ3n) is 5.09. The van der Waals surface area contributed by atoms with Gasteiger partial charge in [-0.05, 0) is 37.7 Å². The highest BCUT2D eigenvalue weighted by molar-refractivity contribution is 5.29. The molecule has 116 valence electrons. The maximum Gasteiger partial charge on any atom is 0.225 e. The summed E-state index contributed by atoms with van der Waals surface area (Å²) in [5, 5.41) is 3.92. The highest BCUT2D eigenvalue weighted by Gasteiger charge is 2.26. The van der Waals surface area contributed by atoms with Crippen molar-refractivity contribution in [3.05, 3.63) is 18.5 Å². The van der Waals surface area contributed by atoms with Crippen molar-refractivity contribution in [3.63, 3.8) is 0 Å². The molecule has 4 heteroatoms. The minimum absolute atomic E-state index is 0.600. The predicted molar refractivity (Wildman–Crippen MR) is 86.4 cm³/mol. The Bertz CT molecular complexity index is 422. The van der Waals surface area contributed by atoms with Crippen LogP contribution in [0, 0.1) is 5.92 Å². The lowest BCUT2D eigenvalue weighted by molar-refractivity contribution is 0.251. The lowest BCUT2D eigenvalue weighted by atomic mass is 9.83. The largest absolute Gasteiger partial charge is 0.339 e. The minimum atomic E-state index is 0.600. The van der Waals surface area contributed by atoms with Crippen molar-refractivity contribution in [1.29, 1.82) is 0 Å². The Morgan fingerprint density at radius 1 is 1.14 bits per heavy atom. The molecule has 3 unspecified atom stereocenters. The molecule has 1 aromatic heterocycles. The molecule has 2 heterocycles. The van der Waals surface area contributed by atoms with Crippen LogP contribution in [0.3, 0.4) is 0 Å². The van der Waals surface area contributed by atoms with E-state index in [0.29, 0.717) is 6.04 Å². The van der Waals surface area contributed by atoms with E-state index in [1.165, 1.54) is 44.9 Å². The average molecular weight is 288 g/mol. The SMILES string of the molecule is CCC1CCCC(NC2CCCN(c3ncccn3)C2)C1. The molecule has 0 radical (unpaired) electrons. The molecule has 1 aromatic rings. The topological polar surface area (TPSA) is 41.0 Å². The molecule has 0 bridgehead atoms. The van der Waals surface area contributed by atoms with Gasteiger partial charge in [-0.15, -0.1) is 0 Å². The van der Waals surface area contributed by atoms with Crippen LogP contribution in [0.25, 0.3) is 0 Å². The van der Waals surface area contributed by atoms with E-state index < -0.39 is 0 Å². The van der Waals surface area contributed by atoms with Gasteiger partial charge in [-0.1, -0.05) is 26.2 Å². The van der Waals surface area contributed by atoms with Gasteiger partial charge in [0.2, 0.25) is 5.95 Å². The van der Waals surface area contributed by atoms with Crippen molar-refractivity contribution in [3.8, 4) is 0 Å². The van der Waals surface area contributed by atoms with Crippen molar-refractivity contribution >= 4 is 5.95 Å². The summed E-state index contributed by atoms with van der Waals surface area (Å²) in [7, 11) is 0. The van der Waals surface area contributed by atoms with Crippen LogP contribution in [0.2, 0.25) is 0 Å². The first-order chi connectivity index (χ1) is 10.3. The van der Waals surface area contributed by atoms with Gasteiger partial charge in [-0.25, -0.2) is 9.97 Å². The number of hydrogen-bond acceptors (Lipinski definition) is 4. The van der Waals surface area contributed by atoms with E-state index in [1.54, 1.807) is 0 Å². The van der Waals surface area contributed by atoms with Crippen LogP contribution >= 0.6 is 0 Å². The second-order valence-electron chi connectivity index (χ2n) is 6.64. The molecule has 0 spiro atoms. The molecule has 4 nitrogen and oxygen atoms in total. The fourth-order valence-corrected chi connectivity index (χ4v) is 3.90. The van der Waals surface area contributed by atoms with E-state index in [0.717, 1.165) is 31.0 Å². The van der Waals surface area contributed by atoms with Crippen molar-refractivity contribution in [2.24, 2.45) is 5.92 Å². The maximum atomic E-state index is 4.40. The second-order valence-corrected chi connectivity index (χ2v) is 6.64. The molecule has 2 aliphatic rings. The second kappa shape index (κ2) is 7.21. The zero-order chi connectivity index (χ0) is 14.5. The van der Waals surface area contributed by atoms with E-state index in [1.807, 2.05) is 18.5 Å². The molecule has 1 saturated heterocycles. The number of nitrogens with one attached hydrogen (secondary N) is 1. The summed E-state index contributed by atoms with van der Waals surface area (Å²) in [5.74, 6) is 1.83. The van der Waals surface area contributed by atoms with E-state index in [9.17, 15) is 0 Å². The Labute approximate surface area is 128 Å². The van der Waals surface area contributed by atoms with E-state index in [4.69, 9.17) is 0 Å². The molecule has 2 fully saturated rings. The highest BCUT2D eigenvalue weighted by atomic mass is 15.3. The molecule has 0 aromatic carbocycles. The van der Waals surface area contributed by atoms with Gasteiger partial charge in [0.1, 0.15) is 0 Å². The molecular weight excluding hydrogens is 260 g/mol. The molecule has 0 amide bonds. The van der Waals surface area contributed by atoms with Crippen molar-refractivity contribution in [2.75, 3.05) is 18.0 Å². The van der Waals surface area contributed by atoms with Gasteiger partial charge >= 0.3 is 0 Å². The fourth-order valence-electron chi connectivity index (χ4n) is 3.90. The van der Waals surface area contributed by atoms with Crippen LogP contribution < -0.4 is 10.2 Å². The fraction of sp³-hybridized carbons (Fsp3) is 0.765. The third-order valence-corrected chi connectivity index (χ3v) is 5.09. The quantitative estimate of drug-likeness (QED) is 0.924. The summed E-state index contributed by atoms with van der Waals surface area (Å²) in [6.07, 6.45) is 13.1. The van der Waals surface area contributed by atoms with Crippen LogP contribution in [0.15, 0.2) is 18.5 Å². The average Bonchev–Trinajstić information content (AvgIpc) is 2.56. The zero-order valence-corrected chi connectivity index (χ0v) is 13.2. The van der Waals surface area contributed by atoms with Crippen LogP contribution in [-0.4, -0.2) is 35.1 Å². The van der Waals surface area contributed by atoms with Gasteiger partial charge in [0.15, 0.2) is 0 Å². The molecular formula is C17H28N4. The summed E-state index contributed by atoms with van der Waals surface area (Å²) in [6, 6.07) is 3.21. The van der Waals surface area contributed by atoms with E-state index in [2.05, 4.69) is 27.1 Å². The van der Waals surface area contributed by atoms with E-state index in [-0.39, 0.29) is 0 Å². The highest BCUT2D eigenvalue weighted by Crippen LogP contribution is 2.27. The van der Waals surface area contributed by atoms with Crippen LogP contribution in [0.1, 0.15) is 51.9 Å². The first-order valence-electron chi connectivity index (χ1n) is 8.63. The molecule has 3 atom stereocenters. The predicted octanol–water partition coefficient (Wildman–Crippen LogP) is 3.00. The van der Waals surface area contributed by atoms with Gasteiger partial charge in [0, 0.05) is 37.6 Å². The molecule has 1 aliphatic heterocycles. The Morgan fingerprint density at radius 3 is 2.76 bits per heavy atom. The summed E-state index contributed by atoms with van der Waals surface area (Å²) < 4.78 is 0. The number of rotatable bonds is 4. The minimum Gasteiger partial charge on any atom is -0.339 e. The number of aromatic nitrogens is 2.